The Kier molecular flexibility index (Phi) is 6.93. The predicted octanol–water partition coefficient (Wildman–Crippen LogP) is 3.02. The molecular weight excluding hydrogens is 248 g/mol. The first kappa shape index (κ1) is 16.9. The lowest BCUT2D eigenvalue weighted by Crippen LogP contribution is -2.38. The van der Waals surface area contributed by atoms with E-state index >= 15 is 0 Å². The summed E-state index contributed by atoms with van der Waals surface area (Å²) >= 11 is 0. The second kappa shape index (κ2) is 8.20. The molecule has 114 valence electrons. The molecule has 1 aromatic rings. The van der Waals surface area contributed by atoms with Gasteiger partial charge in [0, 0.05) is 31.0 Å². The normalized spacial score (nSPS) is 13.0. The lowest BCUT2D eigenvalue weighted by Gasteiger charge is -2.32. The van der Waals surface area contributed by atoms with E-state index < -0.39 is 0 Å². The smallest absolute Gasteiger partial charge is 0.225 e. The van der Waals surface area contributed by atoms with Gasteiger partial charge in [0.1, 0.15) is 0 Å². The first-order chi connectivity index (χ1) is 9.47. The zero-order valence-corrected chi connectivity index (χ0v) is 13.6. The van der Waals surface area contributed by atoms with Crippen LogP contribution in [0.15, 0.2) is 12.4 Å². The summed E-state index contributed by atoms with van der Waals surface area (Å²) in [5.74, 6) is 1.45. The van der Waals surface area contributed by atoms with E-state index in [9.17, 15) is 0 Å². The lowest BCUT2D eigenvalue weighted by atomic mass is 10.1. The van der Waals surface area contributed by atoms with Crippen LogP contribution in [0.5, 0.6) is 0 Å². The third-order valence-electron chi connectivity index (χ3n) is 3.45. The summed E-state index contributed by atoms with van der Waals surface area (Å²) in [5, 5.41) is 0. The van der Waals surface area contributed by atoms with Crippen molar-refractivity contribution in [3.8, 4) is 0 Å². The Hall–Kier alpha value is -1.16. The average Bonchev–Trinajstić information content (AvgIpc) is 2.39. The predicted molar refractivity (Wildman–Crippen MR) is 85.9 cm³/mol. The standard InChI is InChI=1S/C16H30N4/c1-6-15(7-2)20(11-12(3)4)16-18-9-14(10-19-16)8-13(5)17/h9-10,12-13,15H,6-8,11,17H2,1-5H3. The van der Waals surface area contributed by atoms with Crippen molar-refractivity contribution < 1.29 is 0 Å². The molecule has 0 radical (unpaired) electrons. The van der Waals surface area contributed by atoms with Crippen molar-refractivity contribution in [1.29, 1.82) is 0 Å². The number of nitrogens with two attached hydrogens (primary N) is 1. The van der Waals surface area contributed by atoms with Crippen LogP contribution in [0.1, 0.15) is 53.0 Å². The fourth-order valence-electron chi connectivity index (χ4n) is 2.49. The van der Waals surface area contributed by atoms with E-state index in [4.69, 9.17) is 5.73 Å². The molecule has 0 aliphatic heterocycles. The van der Waals surface area contributed by atoms with Crippen molar-refractivity contribution in [2.75, 3.05) is 11.4 Å². The van der Waals surface area contributed by atoms with Gasteiger partial charge in [-0.05, 0) is 37.7 Å². The highest BCUT2D eigenvalue weighted by Gasteiger charge is 2.19. The van der Waals surface area contributed by atoms with E-state index in [2.05, 4.69) is 42.6 Å². The summed E-state index contributed by atoms with van der Waals surface area (Å²) in [6.07, 6.45) is 6.90. The van der Waals surface area contributed by atoms with Gasteiger partial charge in [-0.1, -0.05) is 27.7 Å². The molecule has 1 rings (SSSR count). The minimum Gasteiger partial charge on any atom is -0.338 e. The second-order valence-corrected chi connectivity index (χ2v) is 6.09. The lowest BCUT2D eigenvalue weighted by molar-refractivity contribution is 0.498. The highest BCUT2D eigenvalue weighted by Crippen LogP contribution is 2.18. The molecule has 1 atom stereocenters. The number of anilines is 1. The minimum atomic E-state index is 0.148. The van der Waals surface area contributed by atoms with E-state index in [1.165, 1.54) is 0 Å². The quantitative estimate of drug-likeness (QED) is 0.794. The highest BCUT2D eigenvalue weighted by molar-refractivity contribution is 5.32. The Morgan fingerprint density at radius 2 is 1.65 bits per heavy atom. The highest BCUT2D eigenvalue weighted by atomic mass is 15.3. The van der Waals surface area contributed by atoms with Gasteiger partial charge in [-0.2, -0.15) is 0 Å². The molecule has 0 spiro atoms. The van der Waals surface area contributed by atoms with Crippen molar-refractivity contribution in [3.63, 3.8) is 0 Å². The molecule has 4 heteroatoms. The van der Waals surface area contributed by atoms with Crippen LogP contribution in [-0.4, -0.2) is 28.6 Å². The van der Waals surface area contributed by atoms with Crippen LogP contribution in [0.3, 0.4) is 0 Å². The number of aromatic nitrogens is 2. The third kappa shape index (κ3) is 5.08. The van der Waals surface area contributed by atoms with E-state index in [0.29, 0.717) is 12.0 Å². The fraction of sp³-hybridized carbons (Fsp3) is 0.750. The van der Waals surface area contributed by atoms with Gasteiger partial charge in [0.2, 0.25) is 5.95 Å². The SMILES string of the molecule is CCC(CC)N(CC(C)C)c1ncc(CC(C)N)cn1. The molecule has 0 saturated heterocycles. The van der Waals surface area contributed by atoms with Gasteiger partial charge in [0.15, 0.2) is 0 Å². The van der Waals surface area contributed by atoms with Gasteiger partial charge in [0.05, 0.1) is 0 Å². The Balaban J connectivity index is 2.89. The molecule has 1 aromatic heterocycles. The van der Waals surface area contributed by atoms with Gasteiger partial charge in [-0.15, -0.1) is 0 Å². The average molecular weight is 278 g/mol. The van der Waals surface area contributed by atoms with Crippen molar-refractivity contribution in [2.24, 2.45) is 11.7 Å². The second-order valence-electron chi connectivity index (χ2n) is 6.09. The molecule has 0 fully saturated rings. The van der Waals surface area contributed by atoms with E-state index in [-0.39, 0.29) is 6.04 Å². The van der Waals surface area contributed by atoms with Gasteiger partial charge in [-0.3, -0.25) is 0 Å². The number of hydrogen-bond acceptors (Lipinski definition) is 4. The molecule has 0 amide bonds. The van der Waals surface area contributed by atoms with Crippen molar-refractivity contribution in [3.05, 3.63) is 18.0 Å². The van der Waals surface area contributed by atoms with Crippen LogP contribution in [0.4, 0.5) is 5.95 Å². The Morgan fingerprint density at radius 3 is 2.05 bits per heavy atom. The van der Waals surface area contributed by atoms with Crippen LogP contribution in [0, 0.1) is 5.92 Å². The molecule has 1 heterocycles. The maximum Gasteiger partial charge on any atom is 0.225 e. The topological polar surface area (TPSA) is 55.0 Å². The zero-order chi connectivity index (χ0) is 15.1. The molecule has 1 unspecified atom stereocenters. The van der Waals surface area contributed by atoms with Gasteiger partial charge in [-0.25, -0.2) is 9.97 Å². The molecule has 0 bridgehead atoms. The number of rotatable bonds is 8. The van der Waals surface area contributed by atoms with Crippen LogP contribution >= 0.6 is 0 Å². The summed E-state index contributed by atoms with van der Waals surface area (Å²) in [4.78, 5) is 11.5. The van der Waals surface area contributed by atoms with Crippen LogP contribution in [0.2, 0.25) is 0 Å². The Morgan fingerprint density at radius 1 is 1.10 bits per heavy atom. The molecule has 2 N–H and O–H groups in total. The van der Waals surface area contributed by atoms with E-state index in [1.807, 2.05) is 19.3 Å². The molecule has 0 aromatic carbocycles. The maximum atomic E-state index is 5.81. The Bertz CT molecular complexity index is 369. The minimum absolute atomic E-state index is 0.148. The third-order valence-corrected chi connectivity index (χ3v) is 3.45. The van der Waals surface area contributed by atoms with Gasteiger partial charge >= 0.3 is 0 Å². The Labute approximate surface area is 123 Å². The molecule has 0 saturated carbocycles. The van der Waals surface area contributed by atoms with Crippen LogP contribution < -0.4 is 10.6 Å². The monoisotopic (exact) mass is 278 g/mol. The molecule has 0 aliphatic carbocycles. The summed E-state index contributed by atoms with van der Waals surface area (Å²) in [6.45, 7) is 11.9. The number of nitrogens with zero attached hydrogens (tertiary/aromatic N) is 3. The summed E-state index contributed by atoms with van der Waals surface area (Å²) < 4.78 is 0. The van der Waals surface area contributed by atoms with Crippen LogP contribution in [0.25, 0.3) is 0 Å². The summed E-state index contributed by atoms with van der Waals surface area (Å²) in [6, 6.07) is 0.659. The first-order valence-corrected chi connectivity index (χ1v) is 7.81. The van der Waals surface area contributed by atoms with E-state index in [1.54, 1.807) is 0 Å². The molecular formula is C16H30N4. The zero-order valence-electron chi connectivity index (χ0n) is 13.6. The molecule has 0 aliphatic rings. The van der Waals surface area contributed by atoms with Gasteiger partial charge in [0.25, 0.3) is 0 Å². The summed E-state index contributed by atoms with van der Waals surface area (Å²) in [7, 11) is 0. The molecule has 4 nitrogen and oxygen atoms in total. The van der Waals surface area contributed by atoms with E-state index in [0.717, 1.165) is 37.3 Å². The van der Waals surface area contributed by atoms with Crippen molar-refractivity contribution >= 4 is 5.95 Å². The fourth-order valence-corrected chi connectivity index (χ4v) is 2.49. The van der Waals surface area contributed by atoms with Crippen LogP contribution in [-0.2, 0) is 6.42 Å². The van der Waals surface area contributed by atoms with Crippen molar-refractivity contribution in [1.82, 2.24) is 9.97 Å². The number of hydrogen-bond donors (Lipinski definition) is 1. The summed E-state index contributed by atoms with van der Waals surface area (Å²) in [5.41, 5.74) is 6.92. The molecule has 20 heavy (non-hydrogen) atoms. The maximum absolute atomic E-state index is 5.81. The van der Waals surface area contributed by atoms with Crippen molar-refractivity contribution in [2.45, 2.75) is 66.0 Å². The van der Waals surface area contributed by atoms with Gasteiger partial charge < -0.3 is 10.6 Å². The first-order valence-electron chi connectivity index (χ1n) is 7.81. The largest absolute Gasteiger partial charge is 0.338 e.